The number of carbonyl (C=O) groups is 1. The van der Waals surface area contributed by atoms with Crippen LogP contribution in [0.1, 0.15) is 21.5 Å². The van der Waals surface area contributed by atoms with Gasteiger partial charge in [-0.15, -0.1) is 0 Å². The second-order valence-electron chi connectivity index (χ2n) is 4.99. The Morgan fingerprint density at radius 1 is 0.864 bits per heavy atom. The predicted octanol–water partition coefficient (Wildman–Crippen LogP) is 3.45. The monoisotopic (exact) mass is 300 g/mol. The summed E-state index contributed by atoms with van der Waals surface area (Å²) < 4.78 is 15.8. The third-order valence-corrected chi connectivity index (χ3v) is 3.47. The van der Waals surface area contributed by atoms with E-state index in [0.717, 1.165) is 11.1 Å². The number of Topliss-reactive ketones (excluding diaryl/α,β-unsaturated/α-hetero) is 1. The van der Waals surface area contributed by atoms with Gasteiger partial charge in [0.15, 0.2) is 17.3 Å². The summed E-state index contributed by atoms with van der Waals surface area (Å²) in [5.41, 5.74) is 2.51. The molecule has 0 radical (unpaired) electrons. The van der Waals surface area contributed by atoms with Crippen molar-refractivity contribution in [2.75, 3.05) is 21.3 Å². The topological polar surface area (TPSA) is 44.8 Å². The highest BCUT2D eigenvalue weighted by molar-refractivity contribution is 6.00. The standard InChI is InChI=1S/C18H20O4/c1-12-5-7-14(17(9-12)21-3)15(19)10-13-6-8-16(20-2)18(11-13)22-4/h5-9,11H,10H2,1-4H3. The highest BCUT2D eigenvalue weighted by Gasteiger charge is 2.14. The van der Waals surface area contributed by atoms with E-state index in [1.807, 2.05) is 31.2 Å². The molecular weight excluding hydrogens is 280 g/mol. The first-order valence-corrected chi connectivity index (χ1v) is 6.97. The molecule has 0 aliphatic carbocycles. The lowest BCUT2D eigenvalue weighted by atomic mass is 10.0. The highest BCUT2D eigenvalue weighted by atomic mass is 16.5. The fourth-order valence-electron chi connectivity index (χ4n) is 2.30. The zero-order valence-corrected chi connectivity index (χ0v) is 13.3. The van der Waals surface area contributed by atoms with E-state index >= 15 is 0 Å². The van der Waals surface area contributed by atoms with Gasteiger partial charge in [-0.3, -0.25) is 4.79 Å². The molecule has 22 heavy (non-hydrogen) atoms. The van der Waals surface area contributed by atoms with Gasteiger partial charge in [0, 0.05) is 6.42 Å². The van der Waals surface area contributed by atoms with E-state index < -0.39 is 0 Å². The Bertz CT molecular complexity index is 677. The first kappa shape index (κ1) is 15.9. The molecule has 2 rings (SSSR count). The lowest BCUT2D eigenvalue weighted by Crippen LogP contribution is -2.06. The molecule has 116 valence electrons. The van der Waals surface area contributed by atoms with Crippen LogP contribution in [-0.2, 0) is 6.42 Å². The summed E-state index contributed by atoms with van der Waals surface area (Å²) >= 11 is 0. The molecule has 0 aliphatic rings. The first-order chi connectivity index (χ1) is 10.6. The highest BCUT2D eigenvalue weighted by Crippen LogP contribution is 2.29. The van der Waals surface area contributed by atoms with Gasteiger partial charge in [-0.05, 0) is 42.3 Å². The van der Waals surface area contributed by atoms with Crippen molar-refractivity contribution in [3.8, 4) is 17.2 Å². The number of hydrogen-bond acceptors (Lipinski definition) is 4. The van der Waals surface area contributed by atoms with Gasteiger partial charge in [-0.2, -0.15) is 0 Å². The van der Waals surface area contributed by atoms with Gasteiger partial charge < -0.3 is 14.2 Å². The molecule has 0 bridgehead atoms. The van der Waals surface area contributed by atoms with Crippen molar-refractivity contribution in [2.45, 2.75) is 13.3 Å². The van der Waals surface area contributed by atoms with E-state index in [1.54, 1.807) is 33.5 Å². The SMILES string of the molecule is COc1ccc(CC(=O)c2ccc(C)cc2OC)cc1OC. The molecule has 0 fully saturated rings. The number of aryl methyl sites for hydroxylation is 1. The van der Waals surface area contributed by atoms with E-state index in [1.165, 1.54) is 0 Å². The lowest BCUT2D eigenvalue weighted by Gasteiger charge is -2.11. The van der Waals surface area contributed by atoms with E-state index in [-0.39, 0.29) is 12.2 Å². The summed E-state index contributed by atoms with van der Waals surface area (Å²) in [7, 11) is 4.73. The van der Waals surface area contributed by atoms with Gasteiger partial charge in [0.1, 0.15) is 5.75 Å². The first-order valence-electron chi connectivity index (χ1n) is 6.97. The van der Waals surface area contributed by atoms with Gasteiger partial charge in [0.2, 0.25) is 0 Å². The van der Waals surface area contributed by atoms with Gasteiger partial charge in [0.25, 0.3) is 0 Å². The summed E-state index contributed by atoms with van der Waals surface area (Å²) in [5.74, 6) is 1.87. The average Bonchev–Trinajstić information content (AvgIpc) is 2.54. The van der Waals surface area contributed by atoms with Crippen LogP contribution in [0.15, 0.2) is 36.4 Å². The minimum Gasteiger partial charge on any atom is -0.496 e. The van der Waals surface area contributed by atoms with Crippen molar-refractivity contribution < 1.29 is 19.0 Å². The van der Waals surface area contributed by atoms with Crippen molar-refractivity contribution in [1.29, 1.82) is 0 Å². The molecule has 4 heteroatoms. The Balaban J connectivity index is 2.25. The third-order valence-electron chi connectivity index (χ3n) is 3.47. The smallest absolute Gasteiger partial charge is 0.170 e. The Morgan fingerprint density at radius 2 is 1.55 bits per heavy atom. The van der Waals surface area contributed by atoms with E-state index in [2.05, 4.69) is 0 Å². The van der Waals surface area contributed by atoms with E-state index in [4.69, 9.17) is 14.2 Å². The van der Waals surface area contributed by atoms with Crippen molar-refractivity contribution in [1.82, 2.24) is 0 Å². The second-order valence-corrected chi connectivity index (χ2v) is 4.99. The molecule has 0 aliphatic heterocycles. The molecule has 0 aromatic heterocycles. The third kappa shape index (κ3) is 3.39. The van der Waals surface area contributed by atoms with Crippen LogP contribution >= 0.6 is 0 Å². The number of ether oxygens (including phenoxy) is 3. The second kappa shape index (κ2) is 6.98. The summed E-state index contributed by atoms with van der Waals surface area (Å²) in [6.07, 6.45) is 0.278. The van der Waals surface area contributed by atoms with Gasteiger partial charge >= 0.3 is 0 Å². The van der Waals surface area contributed by atoms with Crippen molar-refractivity contribution >= 4 is 5.78 Å². The zero-order valence-electron chi connectivity index (χ0n) is 13.3. The van der Waals surface area contributed by atoms with Gasteiger partial charge in [-0.1, -0.05) is 12.1 Å². The average molecular weight is 300 g/mol. The molecule has 0 saturated heterocycles. The van der Waals surface area contributed by atoms with Crippen LogP contribution in [0.2, 0.25) is 0 Å². The van der Waals surface area contributed by atoms with Crippen molar-refractivity contribution in [3.63, 3.8) is 0 Å². The van der Waals surface area contributed by atoms with Gasteiger partial charge in [0.05, 0.1) is 26.9 Å². The molecule has 4 nitrogen and oxygen atoms in total. The van der Waals surface area contributed by atoms with Crippen LogP contribution in [0.25, 0.3) is 0 Å². The van der Waals surface area contributed by atoms with E-state index in [9.17, 15) is 4.79 Å². The Morgan fingerprint density at radius 3 is 2.18 bits per heavy atom. The molecule has 0 heterocycles. The number of carbonyl (C=O) groups excluding carboxylic acids is 1. The molecule has 0 N–H and O–H groups in total. The summed E-state index contributed by atoms with van der Waals surface area (Å²) in [6.45, 7) is 1.96. The van der Waals surface area contributed by atoms with Crippen LogP contribution in [0.5, 0.6) is 17.2 Å². The summed E-state index contributed by atoms with van der Waals surface area (Å²) in [4.78, 5) is 12.5. The Labute approximate surface area is 130 Å². The number of rotatable bonds is 6. The maximum Gasteiger partial charge on any atom is 0.170 e. The summed E-state index contributed by atoms with van der Waals surface area (Å²) in [5, 5.41) is 0. The quantitative estimate of drug-likeness (QED) is 0.767. The number of methoxy groups -OCH3 is 3. The lowest BCUT2D eigenvalue weighted by molar-refractivity contribution is 0.0990. The van der Waals surface area contributed by atoms with E-state index in [0.29, 0.717) is 22.8 Å². The minimum atomic E-state index is 0.00377. The number of ketones is 1. The maximum atomic E-state index is 12.5. The molecule has 0 atom stereocenters. The summed E-state index contributed by atoms with van der Waals surface area (Å²) in [6, 6.07) is 11.1. The molecule has 2 aromatic carbocycles. The van der Waals surface area contributed by atoms with Crippen molar-refractivity contribution in [3.05, 3.63) is 53.1 Å². The Hall–Kier alpha value is -2.49. The molecule has 0 spiro atoms. The van der Waals surface area contributed by atoms with Gasteiger partial charge in [-0.25, -0.2) is 0 Å². The fourth-order valence-corrected chi connectivity index (χ4v) is 2.30. The largest absolute Gasteiger partial charge is 0.496 e. The normalized spacial score (nSPS) is 10.2. The Kier molecular flexibility index (Phi) is 5.04. The van der Waals surface area contributed by atoms with Crippen LogP contribution in [0, 0.1) is 6.92 Å². The molecule has 0 saturated carbocycles. The maximum absolute atomic E-state index is 12.5. The fraction of sp³-hybridized carbons (Fsp3) is 0.278. The molecular formula is C18H20O4. The van der Waals surface area contributed by atoms with Crippen LogP contribution < -0.4 is 14.2 Å². The van der Waals surface area contributed by atoms with Crippen LogP contribution in [-0.4, -0.2) is 27.1 Å². The molecule has 2 aromatic rings. The zero-order chi connectivity index (χ0) is 16.1. The minimum absolute atomic E-state index is 0.00377. The number of benzene rings is 2. The molecule has 0 amide bonds. The van der Waals surface area contributed by atoms with Crippen LogP contribution in [0.3, 0.4) is 0 Å². The molecule has 0 unspecified atom stereocenters. The predicted molar refractivity (Wildman–Crippen MR) is 85.3 cm³/mol. The van der Waals surface area contributed by atoms with Crippen molar-refractivity contribution in [2.24, 2.45) is 0 Å². The van der Waals surface area contributed by atoms with Crippen LogP contribution in [0.4, 0.5) is 0 Å². The number of hydrogen-bond donors (Lipinski definition) is 0.